The predicted molar refractivity (Wildman–Crippen MR) is 71.5 cm³/mol. The number of hydrogen-bond donors (Lipinski definition) is 2. The van der Waals surface area contributed by atoms with Crippen LogP contribution in [0.1, 0.15) is 23.9 Å². The number of nitrogens with zero attached hydrogens (tertiary/aromatic N) is 1. The molecule has 0 amide bonds. The number of nitrogens with one attached hydrogen (secondary N) is 2. The van der Waals surface area contributed by atoms with Crippen molar-refractivity contribution in [2.75, 3.05) is 20.1 Å². The van der Waals surface area contributed by atoms with Crippen LogP contribution in [0.15, 0.2) is 22.6 Å². The Morgan fingerprint density at radius 3 is 3.11 bits per heavy atom. The number of rotatable bonds is 3. The number of oxazole rings is 1. The predicted octanol–water partition coefficient (Wildman–Crippen LogP) is 2.01. The molecule has 1 aromatic heterocycles. The van der Waals surface area contributed by atoms with Gasteiger partial charge in [0.05, 0.1) is 0 Å². The van der Waals surface area contributed by atoms with E-state index in [0.29, 0.717) is 12.0 Å². The summed E-state index contributed by atoms with van der Waals surface area (Å²) in [5.74, 6) is 1.38. The van der Waals surface area contributed by atoms with Gasteiger partial charge in [0.1, 0.15) is 5.52 Å². The first-order valence-electron chi connectivity index (χ1n) is 6.53. The highest BCUT2D eigenvalue weighted by Crippen LogP contribution is 2.28. The maximum Gasteiger partial charge on any atom is 0.192 e. The lowest BCUT2D eigenvalue weighted by Gasteiger charge is -2.22. The van der Waals surface area contributed by atoms with Crippen molar-refractivity contribution in [1.82, 2.24) is 15.6 Å². The van der Waals surface area contributed by atoms with Gasteiger partial charge in [0, 0.05) is 13.0 Å². The highest BCUT2D eigenvalue weighted by Gasteiger charge is 2.25. The van der Waals surface area contributed by atoms with E-state index in [0.717, 1.165) is 30.1 Å². The maximum atomic E-state index is 5.61. The molecule has 18 heavy (non-hydrogen) atoms. The van der Waals surface area contributed by atoms with Crippen LogP contribution in [-0.4, -0.2) is 25.1 Å². The van der Waals surface area contributed by atoms with E-state index in [-0.39, 0.29) is 0 Å². The fourth-order valence-electron chi connectivity index (χ4n) is 2.89. The summed E-state index contributed by atoms with van der Waals surface area (Å²) in [6.45, 7) is 4.08. The lowest BCUT2D eigenvalue weighted by molar-refractivity contribution is 0.410. The highest BCUT2D eigenvalue weighted by atomic mass is 16.3. The summed E-state index contributed by atoms with van der Waals surface area (Å²) in [6, 6.07) is 6.71. The number of hydrogen-bond acceptors (Lipinski definition) is 4. The van der Waals surface area contributed by atoms with Gasteiger partial charge >= 0.3 is 0 Å². The lowest BCUT2D eigenvalue weighted by atomic mass is 9.92. The summed E-state index contributed by atoms with van der Waals surface area (Å²) in [7, 11) is 2.03. The van der Waals surface area contributed by atoms with Gasteiger partial charge in [-0.2, -0.15) is 0 Å². The van der Waals surface area contributed by atoms with E-state index >= 15 is 0 Å². The molecule has 0 radical (unpaired) electrons. The SMILES string of the molecule is CNC(c1ccc2nc(C)oc2c1)C1CCNC1. The molecule has 0 aliphatic carbocycles. The zero-order valence-corrected chi connectivity index (χ0v) is 10.9. The zero-order valence-electron chi connectivity index (χ0n) is 10.9. The Balaban J connectivity index is 1.95. The van der Waals surface area contributed by atoms with Crippen molar-refractivity contribution >= 4 is 11.1 Å². The van der Waals surface area contributed by atoms with E-state index in [1.165, 1.54) is 12.0 Å². The number of aryl methyl sites for hydroxylation is 1. The van der Waals surface area contributed by atoms with E-state index in [1.807, 2.05) is 20.0 Å². The highest BCUT2D eigenvalue weighted by molar-refractivity contribution is 5.73. The largest absolute Gasteiger partial charge is 0.441 e. The summed E-state index contributed by atoms with van der Waals surface area (Å²) >= 11 is 0. The van der Waals surface area contributed by atoms with Gasteiger partial charge in [-0.05, 0) is 50.2 Å². The topological polar surface area (TPSA) is 50.1 Å². The third kappa shape index (κ3) is 2.02. The molecule has 2 unspecified atom stereocenters. The molecular weight excluding hydrogens is 226 g/mol. The van der Waals surface area contributed by atoms with Gasteiger partial charge in [-0.15, -0.1) is 0 Å². The van der Waals surface area contributed by atoms with Gasteiger partial charge in [-0.3, -0.25) is 0 Å². The van der Waals surface area contributed by atoms with Crippen LogP contribution in [0.4, 0.5) is 0 Å². The molecule has 1 aromatic carbocycles. The Morgan fingerprint density at radius 2 is 2.39 bits per heavy atom. The average molecular weight is 245 g/mol. The van der Waals surface area contributed by atoms with Crippen molar-refractivity contribution in [3.63, 3.8) is 0 Å². The van der Waals surface area contributed by atoms with E-state index in [9.17, 15) is 0 Å². The Labute approximate surface area is 107 Å². The minimum absolute atomic E-state index is 0.384. The first-order valence-corrected chi connectivity index (χ1v) is 6.53. The second-order valence-corrected chi connectivity index (χ2v) is 4.98. The quantitative estimate of drug-likeness (QED) is 0.868. The van der Waals surface area contributed by atoms with Crippen LogP contribution in [0.25, 0.3) is 11.1 Å². The van der Waals surface area contributed by atoms with Crippen LogP contribution in [0.3, 0.4) is 0 Å². The minimum atomic E-state index is 0.384. The van der Waals surface area contributed by atoms with E-state index in [2.05, 4.69) is 27.8 Å². The molecule has 96 valence electrons. The van der Waals surface area contributed by atoms with Crippen LogP contribution in [-0.2, 0) is 0 Å². The van der Waals surface area contributed by atoms with E-state index in [1.54, 1.807) is 0 Å². The smallest absolute Gasteiger partial charge is 0.192 e. The number of benzene rings is 1. The molecule has 3 rings (SSSR count). The molecule has 2 atom stereocenters. The number of fused-ring (bicyclic) bond motifs is 1. The van der Waals surface area contributed by atoms with Crippen molar-refractivity contribution in [3.8, 4) is 0 Å². The molecule has 4 nitrogen and oxygen atoms in total. The van der Waals surface area contributed by atoms with Crippen LogP contribution in [0.5, 0.6) is 0 Å². The summed E-state index contributed by atoms with van der Waals surface area (Å²) in [4.78, 5) is 4.34. The molecule has 0 bridgehead atoms. The minimum Gasteiger partial charge on any atom is -0.441 e. The van der Waals surface area contributed by atoms with Gasteiger partial charge in [-0.1, -0.05) is 6.07 Å². The first-order chi connectivity index (χ1) is 8.78. The van der Waals surface area contributed by atoms with Crippen LogP contribution in [0.2, 0.25) is 0 Å². The number of aromatic nitrogens is 1. The Kier molecular flexibility index (Phi) is 3.06. The Hall–Kier alpha value is -1.39. The third-order valence-electron chi connectivity index (χ3n) is 3.76. The normalized spacial score (nSPS) is 21.6. The molecule has 2 aromatic rings. The molecular formula is C14H19N3O. The van der Waals surface area contributed by atoms with Crippen molar-refractivity contribution < 1.29 is 4.42 Å². The van der Waals surface area contributed by atoms with Crippen LogP contribution >= 0.6 is 0 Å². The molecule has 1 fully saturated rings. The standard InChI is InChI=1S/C14H19N3O/c1-9-17-12-4-3-10(7-13(12)18-9)14(15-2)11-5-6-16-8-11/h3-4,7,11,14-16H,5-6,8H2,1-2H3. The summed E-state index contributed by atoms with van der Waals surface area (Å²) in [5, 5.41) is 6.85. The Bertz CT molecular complexity index is 543. The molecule has 1 saturated heterocycles. The lowest BCUT2D eigenvalue weighted by Crippen LogP contribution is -2.26. The second-order valence-electron chi connectivity index (χ2n) is 4.98. The second kappa shape index (κ2) is 4.71. The van der Waals surface area contributed by atoms with Crippen LogP contribution < -0.4 is 10.6 Å². The molecule has 0 spiro atoms. The van der Waals surface area contributed by atoms with Gasteiger partial charge in [0.2, 0.25) is 0 Å². The van der Waals surface area contributed by atoms with Crippen molar-refractivity contribution in [2.24, 2.45) is 5.92 Å². The fourth-order valence-corrected chi connectivity index (χ4v) is 2.89. The molecule has 4 heteroatoms. The fraction of sp³-hybridized carbons (Fsp3) is 0.500. The van der Waals surface area contributed by atoms with E-state index in [4.69, 9.17) is 4.42 Å². The average Bonchev–Trinajstić information content (AvgIpc) is 2.97. The molecule has 2 N–H and O–H groups in total. The summed E-state index contributed by atoms with van der Waals surface area (Å²) in [6.07, 6.45) is 1.22. The van der Waals surface area contributed by atoms with Crippen LogP contribution in [0, 0.1) is 12.8 Å². The molecule has 1 aliphatic rings. The molecule has 1 aliphatic heterocycles. The van der Waals surface area contributed by atoms with Crippen molar-refractivity contribution in [3.05, 3.63) is 29.7 Å². The van der Waals surface area contributed by atoms with Gasteiger partial charge in [0.25, 0.3) is 0 Å². The van der Waals surface area contributed by atoms with Gasteiger partial charge < -0.3 is 15.1 Å². The third-order valence-corrected chi connectivity index (χ3v) is 3.76. The summed E-state index contributed by atoms with van der Waals surface area (Å²) < 4.78 is 5.61. The molecule has 0 saturated carbocycles. The molecule has 2 heterocycles. The van der Waals surface area contributed by atoms with Crippen molar-refractivity contribution in [1.29, 1.82) is 0 Å². The van der Waals surface area contributed by atoms with Gasteiger partial charge in [-0.25, -0.2) is 4.98 Å². The van der Waals surface area contributed by atoms with E-state index < -0.39 is 0 Å². The van der Waals surface area contributed by atoms with Crippen molar-refractivity contribution in [2.45, 2.75) is 19.4 Å². The van der Waals surface area contributed by atoms with Gasteiger partial charge in [0.15, 0.2) is 11.5 Å². The zero-order chi connectivity index (χ0) is 12.5. The maximum absolute atomic E-state index is 5.61. The Morgan fingerprint density at radius 1 is 1.50 bits per heavy atom. The first kappa shape index (κ1) is 11.7. The summed E-state index contributed by atoms with van der Waals surface area (Å²) in [5.41, 5.74) is 3.11. The monoisotopic (exact) mass is 245 g/mol.